The van der Waals surface area contributed by atoms with E-state index in [0.717, 1.165) is 0 Å². The summed E-state index contributed by atoms with van der Waals surface area (Å²) in [6.45, 7) is 5.60. The molecule has 0 radical (unpaired) electrons. The van der Waals surface area contributed by atoms with Gasteiger partial charge in [0.15, 0.2) is 0 Å². The molecule has 1 rings (SSSR count). The van der Waals surface area contributed by atoms with Crippen LogP contribution in [0, 0.1) is 5.92 Å². The fraction of sp³-hybridized carbons (Fsp3) is 0.462. The summed E-state index contributed by atoms with van der Waals surface area (Å²) in [5.41, 5.74) is 6.63. The highest BCUT2D eigenvalue weighted by atomic mass is 35.5. The third-order valence-electron chi connectivity index (χ3n) is 2.53. The molecule has 106 valence electrons. The van der Waals surface area contributed by atoms with E-state index in [4.69, 9.17) is 17.3 Å². The first kappa shape index (κ1) is 16.0. The fourth-order valence-corrected chi connectivity index (χ4v) is 2.90. The number of halogens is 1. The molecular formula is C13H19ClN2O2S. The van der Waals surface area contributed by atoms with Gasteiger partial charge in [-0.1, -0.05) is 25.4 Å². The molecular weight excluding hydrogens is 284 g/mol. The van der Waals surface area contributed by atoms with Gasteiger partial charge in [0.1, 0.15) is 5.25 Å². The maximum atomic E-state index is 12.0. The normalized spacial score (nSPS) is 14.2. The lowest BCUT2D eigenvalue weighted by molar-refractivity contribution is -0.115. The highest BCUT2D eigenvalue weighted by Gasteiger charge is 2.21. The molecule has 3 N–H and O–H groups in total. The van der Waals surface area contributed by atoms with Crippen molar-refractivity contribution in [3.63, 3.8) is 0 Å². The van der Waals surface area contributed by atoms with E-state index in [1.807, 2.05) is 13.8 Å². The van der Waals surface area contributed by atoms with Crippen molar-refractivity contribution in [3.8, 4) is 0 Å². The highest BCUT2D eigenvalue weighted by molar-refractivity contribution is 7.86. The minimum Gasteiger partial charge on any atom is -0.397 e. The number of amides is 1. The first-order valence-electron chi connectivity index (χ1n) is 6.04. The van der Waals surface area contributed by atoms with Gasteiger partial charge in [0.25, 0.3) is 0 Å². The highest BCUT2D eigenvalue weighted by Crippen LogP contribution is 2.23. The van der Waals surface area contributed by atoms with Crippen molar-refractivity contribution in [1.29, 1.82) is 0 Å². The molecule has 0 bridgehead atoms. The summed E-state index contributed by atoms with van der Waals surface area (Å²) < 4.78 is 11.9. The van der Waals surface area contributed by atoms with Crippen LogP contribution in [0.15, 0.2) is 18.2 Å². The average molecular weight is 303 g/mol. The zero-order chi connectivity index (χ0) is 14.6. The van der Waals surface area contributed by atoms with E-state index in [2.05, 4.69) is 5.32 Å². The molecule has 1 aromatic carbocycles. The maximum absolute atomic E-state index is 12.0. The molecule has 0 saturated heterocycles. The van der Waals surface area contributed by atoms with Crippen LogP contribution in [-0.4, -0.2) is 21.1 Å². The lowest BCUT2D eigenvalue weighted by Gasteiger charge is -2.14. The van der Waals surface area contributed by atoms with Crippen LogP contribution in [0.2, 0.25) is 5.02 Å². The Morgan fingerprint density at radius 3 is 2.58 bits per heavy atom. The van der Waals surface area contributed by atoms with Crippen LogP contribution in [0.1, 0.15) is 20.8 Å². The van der Waals surface area contributed by atoms with Gasteiger partial charge >= 0.3 is 0 Å². The first-order chi connectivity index (χ1) is 8.81. The molecule has 0 aromatic heterocycles. The monoisotopic (exact) mass is 302 g/mol. The van der Waals surface area contributed by atoms with Gasteiger partial charge < -0.3 is 11.1 Å². The van der Waals surface area contributed by atoms with E-state index < -0.39 is 16.0 Å². The van der Waals surface area contributed by atoms with Crippen LogP contribution in [0.4, 0.5) is 11.4 Å². The van der Waals surface area contributed by atoms with E-state index in [0.29, 0.717) is 22.2 Å². The molecule has 0 spiro atoms. The fourth-order valence-electron chi connectivity index (χ4n) is 1.47. The molecule has 19 heavy (non-hydrogen) atoms. The minimum absolute atomic E-state index is 0.289. The van der Waals surface area contributed by atoms with Gasteiger partial charge in [0.05, 0.1) is 11.4 Å². The molecule has 0 fully saturated rings. The number of nitrogens with two attached hydrogens (primary N) is 1. The van der Waals surface area contributed by atoms with Crippen molar-refractivity contribution in [1.82, 2.24) is 0 Å². The predicted octanol–water partition coefficient (Wildman–Crippen LogP) is 2.65. The Balaban J connectivity index is 2.71. The Labute approximate surface area is 121 Å². The van der Waals surface area contributed by atoms with Crippen molar-refractivity contribution in [2.45, 2.75) is 26.0 Å². The van der Waals surface area contributed by atoms with E-state index >= 15 is 0 Å². The molecule has 0 saturated carbocycles. The number of carbonyl (C=O) groups excluding carboxylic acids is 1. The third-order valence-corrected chi connectivity index (χ3v) is 4.77. The summed E-state index contributed by atoms with van der Waals surface area (Å²) in [5, 5.41) is 2.61. The Morgan fingerprint density at radius 2 is 2.05 bits per heavy atom. The first-order valence-corrected chi connectivity index (χ1v) is 7.80. The Kier molecular flexibility index (Phi) is 5.82. The smallest absolute Gasteiger partial charge is 0.239 e. The molecule has 2 atom stereocenters. The zero-order valence-electron chi connectivity index (χ0n) is 11.3. The van der Waals surface area contributed by atoms with Crippen LogP contribution in [0.25, 0.3) is 0 Å². The van der Waals surface area contributed by atoms with Gasteiger partial charge in [-0.05, 0) is 31.0 Å². The second-order valence-corrected chi connectivity index (χ2v) is 7.04. The van der Waals surface area contributed by atoms with Gasteiger partial charge in [-0.25, -0.2) is 0 Å². The molecule has 0 heterocycles. The SMILES string of the molecule is CC(C)CS(=O)C(C)C(=O)Nc1ccc(Cl)cc1N. The molecule has 6 heteroatoms. The van der Waals surface area contributed by atoms with E-state index in [1.165, 1.54) is 0 Å². The average Bonchev–Trinajstić information content (AvgIpc) is 2.30. The Bertz CT molecular complexity index is 492. The molecule has 0 aliphatic carbocycles. The summed E-state index contributed by atoms with van der Waals surface area (Å²) in [4.78, 5) is 12.0. The summed E-state index contributed by atoms with van der Waals surface area (Å²) >= 11 is 5.78. The van der Waals surface area contributed by atoms with Crippen molar-refractivity contribution in [2.75, 3.05) is 16.8 Å². The van der Waals surface area contributed by atoms with Crippen molar-refractivity contribution in [2.24, 2.45) is 5.92 Å². The number of rotatable bonds is 5. The topological polar surface area (TPSA) is 72.2 Å². The molecule has 1 amide bonds. The van der Waals surface area contributed by atoms with Gasteiger partial charge in [-0.3, -0.25) is 9.00 Å². The van der Waals surface area contributed by atoms with Crippen molar-refractivity contribution in [3.05, 3.63) is 23.2 Å². The second-order valence-electron chi connectivity index (χ2n) is 4.80. The molecule has 0 aliphatic rings. The van der Waals surface area contributed by atoms with Gasteiger partial charge in [0.2, 0.25) is 5.91 Å². The van der Waals surface area contributed by atoms with E-state index in [1.54, 1.807) is 25.1 Å². The summed E-state index contributed by atoms with van der Waals surface area (Å²) in [5.74, 6) is 0.495. The molecule has 2 unspecified atom stereocenters. The number of anilines is 2. The van der Waals surface area contributed by atoms with Crippen molar-refractivity contribution < 1.29 is 9.00 Å². The van der Waals surface area contributed by atoms with E-state index in [9.17, 15) is 9.00 Å². The minimum atomic E-state index is -1.19. The quantitative estimate of drug-likeness (QED) is 0.821. The summed E-state index contributed by atoms with van der Waals surface area (Å²) in [6, 6.07) is 4.84. The number of nitrogen functional groups attached to an aromatic ring is 1. The zero-order valence-corrected chi connectivity index (χ0v) is 12.8. The number of nitrogens with one attached hydrogen (secondary N) is 1. The van der Waals surface area contributed by atoms with Crippen LogP contribution >= 0.6 is 11.6 Å². The van der Waals surface area contributed by atoms with Crippen LogP contribution < -0.4 is 11.1 Å². The van der Waals surface area contributed by atoms with Gasteiger partial charge in [0, 0.05) is 21.6 Å². The predicted molar refractivity (Wildman–Crippen MR) is 81.8 cm³/mol. The lowest BCUT2D eigenvalue weighted by atomic mass is 10.2. The van der Waals surface area contributed by atoms with Crippen LogP contribution in [0.3, 0.4) is 0 Å². The largest absolute Gasteiger partial charge is 0.397 e. The number of hydrogen-bond acceptors (Lipinski definition) is 3. The van der Waals surface area contributed by atoms with Crippen molar-refractivity contribution >= 4 is 39.7 Å². The maximum Gasteiger partial charge on any atom is 0.239 e. The number of hydrogen-bond donors (Lipinski definition) is 2. The second kappa shape index (κ2) is 6.91. The van der Waals surface area contributed by atoms with E-state index in [-0.39, 0.29) is 11.8 Å². The number of carbonyl (C=O) groups is 1. The third kappa shape index (κ3) is 4.84. The molecule has 1 aromatic rings. The number of benzene rings is 1. The van der Waals surface area contributed by atoms with Crippen LogP contribution in [0.5, 0.6) is 0 Å². The summed E-state index contributed by atoms with van der Waals surface area (Å²) in [7, 11) is -1.19. The van der Waals surface area contributed by atoms with Gasteiger partial charge in [-0.15, -0.1) is 0 Å². The van der Waals surface area contributed by atoms with Gasteiger partial charge in [-0.2, -0.15) is 0 Å². The molecule has 0 aliphatic heterocycles. The lowest BCUT2D eigenvalue weighted by Crippen LogP contribution is -2.31. The molecule has 4 nitrogen and oxygen atoms in total. The standard InChI is InChI=1S/C13H19ClN2O2S/c1-8(2)7-19(18)9(3)13(17)16-12-5-4-10(14)6-11(12)15/h4-6,8-9H,7,15H2,1-3H3,(H,16,17). The Morgan fingerprint density at radius 1 is 1.42 bits per heavy atom. The summed E-state index contributed by atoms with van der Waals surface area (Å²) in [6.07, 6.45) is 0. The van der Waals surface area contributed by atoms with Crippen LogP contribution in [-0.2, 0) is 15.6 Å². The Hall–Kier alpha value is -1.07.